The quantitative estimate of drug-likeness (QED) is 0.811. The number of rotatable bonds is 7. The summed E-state index contributed by atoms with van der Waals surface area (Å²) in [5.41, 5.74) is 0.498. The van der Waals surface area contributed by atoms with Crippen molar-refractivity contribution in [2.75, 3.05) is 6.54 Å². The number of carboxylic acid groups (broad SMARTS) is 1. The van der Waals surface area contributed by atoms with E-state index in [9.17, 15) is 14.7 Å². The molecule has 23 heavy (non-hydrogen) atoms. The minimum atomic E-state index is -1.15. The van der Waals surface area contributed by atoms with Crippen molar-refractivity contribution in [2.45, 2.75) is 25.2 Å². The van der Waals surface area contributed by atoms with Gasteiger partial charge in [0.25, 0.3) is 0 Å². The van der Waals surface area contributed by atoms with Crippen molar-refractivity contribution in [1.82, 2.24) is 15.1 Å². The van der Waals surface area contributed by atoms with Crippen LogP contribution >= 0.6 is 0 Å². The molecule has 1 aromatic carbocycles. The van der Waals surface area contributed by atoms with Crippen LogP contribution in [0.25, 0.3) is 0 Å². The Bertz CT molecular complexity index is 681. The lowest BCUT2D eigenvalue weighted by Crippen LogP contribution is -2.44. The first kappa shape index (κ1) is 16.7. The zero-order valence-corrected chi connectivity index (χ0v) is 13.3. The number of aliphatic carboxylic acids is 1. The Balaban J connectivity index is 1.93. The van der Waals surface area contributed by atoms with Crippen LogP contribution in [0.2, 0.25) is 0 Å². The van der Waals surface area contributed by atoms with Crippen LogP contribution in [-0.4, -0.2) is 33.3 Å². The van der Waals surface area contributed by atoms with Crippen LogP contribution in [0.5, 0.6) is 0 Å². The van der Waals surface area contributed by atoms with Gasteiger partial charge in [-0.2, -0.15) is 5.10 Å². The largest absolute Gasteiger partial charge is 0.481 e. The summed E-state index contributed by atoms with van der Waals surface area (Å²) < 4.78 is 1.68. The van der Waals surface area contributed by atoms with Gasteiger partial charge in [-0.25, -0.2) is 0 Å². The minimum Gasteiger partial charge on any atom is -0.481 e. The molecule has 6 nitrogen and oxygen atoms in total. The second-order valence-corrected chi connectivity index (χ2v) is 5.80. The average molecular weight is 315 g/mol. The van der Waals surface area contributed by atoms with Gasteiger partial charge in [-0.15, -0.1) is 0 Å². The molecule has 0 aliphatic carbocycles. The standard InChI is InChI=1S/C17H21N3O3/c1-17(16(22)23,14-6-4-3-5-7-14)12-18-15(21)9-8-13-10-19-20(2)11-13/h3-7,10-11H,8-9,12H2,1-2H3,(H,18,21)(H,22,23). The number of amides is 1. The second-order valence-electron chi connectivity index (χ2n) is 5.80. The fourth-order valence-electron chi connectivity index (χ4n) is 2.33. The summed E-state index contributed by atoms with van der Waals surface area (Å²) in [4.78, 5) is 23.6. The lowest BCUT2D eigenvalue weighted by atomic mass is 9.82. The number of nitrogens with zero attached hydrogens (tertiary/aromatic N) is 2. The molecule has 1 amide bonds. The van der Waals surface area contributed by atoms with Gasteiger partial charge in [0.1, 0.15) is 5.41 Å². The van der Waals surface area contributed by atoms with E-state index in [1.54, 1.807) is 42.1 Å². The van der Waals surface area contributed by atoms with E-state index in [0.29, 0.717) is 18.4 Å². The number of hydrogen-bond acceptors (Lipinski definition) is 3. The number of carbonyl (C=O) groups excluding carboxylic acids is 1. The lowest BCUT2D eigenvalue weighted by molar-refractivity contribution is -0.143. The number of aryl methyl sites for hydroxylation is 2. The van der Waals surface area contributed by atoms with E-state index in [1.165, 1.54) is 0 Å². The summed E-state index contributed by atoms with van der Waals surface area (Å²) >= 11 is 0. The summed E-state index contributed by atoms with van der Waals surface area (Å²) in [5, 5.41) is 16.3. The summed E-state index contributed by atoms with van der Waals surface area (Å²) in [6.45, 7) is 1.67. The maximum absolute atomic E-state index is 12.0. The molecule has 0 bridgehead atoms. The Labute approximate surface area is 135 Å². The number of carbonyl (C=O) groups is 2. The van der Waals surface area contributed by atoms with E-state index in [1.807, 2.05) is 19.3 Å². The van der Waals surface area contributed by atoms with Crippen LogP contribution in [-0.2, 0) is 28.5 Å². The van der Waals surface area contributed by atoms with Crippen molar-refractivity contribution in [1.29, 1.82) is 0 Å². The van der Waals surface area contributed by atoms with E-state index in [-0.39, 0.29) is 12.5 Å². The van der Waals surface area contributed by atoms with Crippen molar-refractivity contribution < 1.29 is 14.7 Å². The van der Waals surface area contributed by atoms with Crippen LogP contribution in [0, 0.1) is 0 Å². The van der Waals surface area contributed by atoms with E-state index in [2.05, 4.69) is 10.4 Å². The third-order valence-electron chi connectivity index (χ3n) is 3.92. The molecule has 0 aliphatic heterocycles. The van der Waals surface area contributed by atoms with Gasteiger partial charge in [-0.05, 0) is 24.5 Å². The Morgan fingerprint density at radius 1 is 1.30 bits per heavy atom. The predicted octanol–water partition coefficient (Wildman–Crippen LogP) is 1.51. The lowest BCUT2D eigenvalue weighted by Gasteiger charge is -2.25. The Kier molecular flexibility index (Phi) is 5.16. The molecule has 1 heterocycles. The van der Waals surface area contributed by atoms with Crippen molar-refractivity contribution in [3.63, 3.8) is 0 Å². The van der Waals surface area contributed by atoms with Crippen molar-refractivity contribution in [3.05, 3.63) is 53.9 Å². The normalized spacial score (nSPS) is 13.3. The molecule has 6 heteroatoms. The van der Waals surface area contributed by atoms with E-state index in [0.717, 1.165) is 5.56 Å². The summed E-state index contributed by atoms with van der Waals surface area (Å²) in [6.07, 6.45) is 4.46. The van der Waals surface area contributed by atoms with Crippen LogP contribution in [0.4, 0.5) is 0 Å². The maximum atomic E-state index is 12.0. The molecule has 1 aromatic heterocycles. The number of benzene rings is 1. The molecule has 0 radical (unpaired) electrons. The molecule has 2 N–H and O–H groups in total. The van der Waals surface area contributed by atoms with Crippen LogP contribution in [0.15, 0.2) is 42.7 Å². The topological polar surface area (TPSA) is 84.2 Å². The first-order valence-corrected chi connectivity index (χ1v) is 7.45. The molecule has 1 unspecified atom stereocenters. The van der Waals surface area contributed by atoms with Crippen LogP contribution < -0.4 is 5.32 Å². The molecule has 2 aromatic rings. The maximum Gasteiger partial charge on any atom is 0.315 e. The molecular formula is C17H21N3O3. The number of nitrogens with one attached hydrogen (secondary N) is 1. The van der Waals surface area contributed by atoms with E-state index >= 15 is 0 Å². The SMILES string of the molecule is Cn1cc(CCC(=O)NCC(C)(C(=O)O)c2ccccc2)cn1. The Morgan fingerprint density at radius 3 is 2.57 bits per heavy atom. The van der Waals surface area contributed by atoms with Gasteiger partial charge in [0.15, 0.2) is 0 Å². The summed E-state index contributed by atoms with van der Waals surface area (Å²) in [7, 11) is 1.82. The van der Waals surface area contributed by atoms with Gasteiger partial charge in [0.2, 0.25) is 5.91 Å². The second kappa shape index (κ2) is 7.09. The zero-order chi connectivity index (χ0) is 16.9. The van der Waals surface area contributed by atoms with Crippen LogP contribution in [0.3, 0.4) is 0 Å². The highest BCUT2D eigenvalue weighted by Crippen LogP contribution is 2.23. The first-order valence-electron chi connectivity index (χ1n) is 7.45. The Morgan fingerprint density at radius 2 is 2.00 bits per heavy atom. The minimum absolute atomic E-state index is 0.0538. The zero-order valence-electron chi connectivity index (χ0n) is 13.3. The van der Waals surface area contributed by atoms with Gasteiger partial charge in [-0.3, -0.25) is 14.3 Å². The molecule has 0 spiro atoms. The van der Waals surface area contributed by atoms with Gasteiger partial charge in [0, 0.05) is 26.2 Å². The molecule has 1 atom stereocenters. The molecular weight excluding hydrogens is 294 g/mol. The average Bonchev–Trinajstić information content (AvgIpc) is 2.96. The third-order valence-corrected chi connectivity index (χ3v) is 3.92. The van der Waals surface area contributed by atoms with Gasteiger partial charge in [0.05, 0.1) is 6.20 Å². The van der Waals surface area contributed by atoms with Crippen molar-refractivity contribution in [3.8, 4) is 0 Å². The molecule has 122 valence electrons. The van der Waals surface area contributed by atoms with Gasteiger partial charge < -0.3 is 10.4 Å². The van der Waals surface area contributed by atoms with Crippen LogP contribution in [0.1, 0.15) is 24.5 Å². The summed E-state index contributed by atoms with van der Waals surface area (Å²) in [6, 6.07) is 8.94. The molecule has 0 fully saturated rings. The summed E-state index contributed by atoms with van der Waals surface area (Å²) in [5.74, 6) is -1.13. The highest BCUT2D eigenvalue weighted by atomic mass is 16.4. The number of hydrogen-bond donors (Lipinski definition) is 2. The molecule has 0 aliphatic rings. The first-order chi connectivity index (χ1) is 10.9. The third kappa shape index (κ3) is 4.18. The van der Waals surface area contributed by atoms with Gasteiger partial charge >= 0.3 is 5.97 Å². The predicted molar refractivity (Wildman–Crippen MR) is 86.0 cm³/mol. The fourth-order valence-corrected chi connectivity index (χ4v) is 2.33. The number of carboxylic acids is 1. The molecule has 2 rings (SSSR count). The van der Waals surface area contributed by atoms with E-state index in [4.69, 9.17) is 0 Å². The smallest absolute Gasteiger partial charge is 0.315 e. The van der Waals surface area contributed by atoms with Gasteiger partial charge in [-0.1, -0.05) is 30.3 Å². The highest BCUT2D eigenvalue weighted by molar-refractivity contribution is 5.83. The molecule has 0 saturated heterocycles. The molecule has 0 saturated carbocycles. The van der Waals surface area contributed by atoms with Crippen molar-refractivity contribution >= 4 is 11.9 Å². The fraction of sp³-hybridized carbons (Fsp3) is 0.353. The van der Waals surface area contributed by atoms with Crippen molar-refractivity contribution in [2.24, 2.45) is 7.05 Å². The Hall–Kier alpha value is -2.63. The monoisotopic (exact) mass is 315 g/mol. The number of aromatic nitrogens is 2. The highest BCUT2D eigenvalue weighted by Gasteiger charge is 2.35. The van der Waals surface area contributed by atoms with E-state index < -0.39 is 11.4 Å².